The molecule has 2 fully saturated rings. The minimum atomic E-state index is -0.583. The van der Waals surface area contributed by atoms with Crippen LogP contribution in [0.15, 0.2) is 36.4 Å². The number of amides is 2. The maximum atomic E-state index is 13.2. The van der Waals surface area contributed by atoms with Crippen molar-refractivity contribution in [3.63, 3.8) is 0 Å². The van der Waals surface area contributed by atoms with Crippen LogP contribution in [0.3, 0.4) is 0 Å². The number of aryl methyl sites for hydroxylation is 2. The van der Waals surface area contributed by atoms with E-state index >= 15 is 0 Å². The zero-order valence-corrected chi connectivity index (χ0v) is 19.7. The highest BCUT2D eigenvalue weighted by Crippen LogP contribution is 2.41. The van der Waals surface area contributed by atoms with Crippen LogP contribution in [0.4, 0.5) is 5.69 Å². The van der Waals surface area contributed by atoms with E-state index in [1.165, 1.54) is 0 Å². The predicted molar refractivity (Wildman–Crippen MR) is 126 cm³/mol. The number of benzene rings is 2. The van der Waals surface area contributed by atoms with Gasteiger partial charge >= 0.3 is 0 Å². The number of hydrogen-bond acceptors (Lipinski definition) is 4. The summed E-state index contributed by atoms with van der Waals surface area (Å²) in [5, 5.41) is 0.563. The van der Waals surface area contributed by atoms with Crippen LogP contribution < -0.4 is 9.64 Å². The summed E-state index contributed by atoms with van der Waals surface area (Å²) in [6.07, 6.45) is 1.71. The lowest BCUT2D eigenvalue weighted by atomic mass is 9.82. The number of halogens is 1. The van der Waals surface area contributed by atoms with Crippen molar-refractivity contribution in [1.82, 2.24) is 4.90 Å². The number of Topliss-reactive ketones (excluding diaryl/α,β-unsaturated/α-hetero) is 1. The highest BCUT2D eigenvalue weighted by molar-refractivity contribution is 6.31. The van der Waals surface area contributed by atoms with Crippen molar-refractivity contribution in [2.75, 3.05) is 24.5 Å². The molecule has 0 N–H and O–H groups in total. The summed E-state index contributed by atoms with van der Waals surface area (Å²) in [4.78, 5) is 42.2. The molecule has 3 aliphatic rings. The van der Waals surface area contributed by atoms with Crippen molar-refractivity contribution in [2.24, 2.45) is 5.92 Å². The van der Waals surface area contributed by atoms with Crippen LogP contribution in [-0.4, -0.2) is 47.7 Å². The Morgan fingerprint density at radius 1 is 1.09 bits per heavy atom. The number of rotatable bonds is 2. The lowest BCUT2D eigenvalue weighted by Crippen LogP contribution is -2.53. The molecule has 0 aliphatic carbocycles. The molecule has 1 unspecified atom stereocenters. The van der Waals surface area contributed by atoms with Gasteiger partial charge in [0.25, 0.3) is 0 Å². The molecule has 0 radical (unpaired) electrons. The van der Waals surface area contributed by atoms with Gasteiger partial charge in [-0.1, -0.05) is 29.3 Å². The molecular formula is C26H27ClN2O4. The van der Waals surface area contributed by atoms with Gasteiger partial charge in [-0.15, -0.1) is 0 Å². The van der Waals surface area contributed by atoms with Gasteiger partial charge in [0, 0.05) is 49.6 Å². The number of carbonyl (C=O) groups excluding carboxylic acids is 3. The summed E-state index contributed by atoms with van der Waals surface area (Å²) in [5.74, 6) is 0.277. The molecule has 33 heavy (non-hydrogen) atoms. The number of carbonyl (C=O) groups is 3. The van der Waals surface area contributed by atoms with Gasteiger partial charge in [-0.3, -0.25) is 14.4 Å². The number of ether oxygens (including phenoxy) is 1. The van der Waals surface area contributed by atoms with Gasteiger partial charge in [0.15, 0.2) is 5.78 Å². The number of likely N-dealkylation sites (tertiary alicyclic amines) is 1. The quantitative estimate of drug-likeness (QED) is 0.660. The summed E-state index contributed by atoms with van der Waals surface area (Å²) < 4.78 is 6.34. The number of anilines is 1. The van der Waals surface area contributed by atoms with E-state index in [2.05, 4.69) is 0 Å². The SMILES string of the molecule is Cc1ccc(N2CC(C(=O)N3CCC4(CC3)CC(=O)c3cc(Cl)c(C)cc3O4)CC2=O)cc1. The third-order valence-electron chi connectivity index (χ3n) is 7.18. The first-order chi connectivity index (χ1) is 15.7. The first kappa shape index (κ1) is 22.0. The fraction of sp³-hybridized carbons (Fsp3) is 0.423. The predicted octanol–water partition coefficient (Wildman–Crippen LogP) is 4.34. The second kappa shape index (κ2) is 8.17. The number of ketones is 1. The smallest absolute Gasteiger partial charge is 0.228 e. The number of piperidine rings is 1. The molecule has 2 aromatic rings. The minimum absolute atomic E-state index is 0.0120. The second-order valence-corrected chi connectivity index (χ2v) is 9.96. The van der Waals surface area contributed by atoms with Crippen LogP contribution in [0.1, 0.15) is 47.2 Å². The van der Waals surface area contributed by atoms with Crippen molar-refractivity contribution in [2.45, 2.75) is 45.1 Å². The number of hydrogen-bond donors (Lipinski definition) is 0. The third kappa shape index (κ3) is 4.01. The van der Waals surface area contributed by atoms with Gasteiger partial charge in [0.2, 0.25) is 11.8 Å². The molecule has 2 aromatic carbocycles. The molecule has 5 rings (SSSR count). The Morgan fingerprint density at radius 2 is 1.79 bits per heavy atom. The summed E-state index contributed by atoms with van der Waals surface area (Å²) >= 11 is 6.19. The van der Waals surface area contributed by atoms with E-state index in [1.54, 1.807) is 11.0 Å². The van der Waals surface area contributed by atoms with E-state index in [4.69, 9.17) is 16.3 Å². The van der Waals surface area contributed by atoms with Gasteiger partial charge in [0.05, 0.1) is 17.9 Å². The molecular weight excluding hydrogens is 440 g/mol. The summed E-state index contributed by atoms with van der Waals surface area (Å²) in [6, 6.07) is 11.3. The van der Waals surface area contributed by atoms with E-state index in [1.807, 2.05) is 49.1 Å². The molecule has 0 aromatic heterocycles. The molecule has 172 valence electrons. The average Bonchev–Trinajstić information content (AvgIpc) is 3.17. The molecule has 2 amide bonds. The molecule has 3 heterocycles. The zero-order chi connectivity index (χ0) is 23.3. The van der Waals surface area contributed by atoms with Crippen molar-refractivity contribution in [1.29, 1.82) is 0 Å². The molecule has 2 saturated heterocycles. The highest BCUT2D eigenvalue weighted by Gasteiger charge is 2.45. The van der Waals surface area contributed by atoms with Crippen LogP contribution in [0.2, 0.25) is 5.02 Å². The van der Waals surface area contributed by atoms with E-state index < -0.39 is 5.60 Å². The lowest BCUT2D eigenvalue weighted by molar-refractivity contribution is -0.139. The summed E-state index contributed by atoms with van der Waals surface area (Å²) in [6.45, 7) is 5.34. The molecule has 3 aliphatic heterocycles. The fourth-order valence-corrected chi connectivity index (χ4v) is 5.30. The van der Waals surface area contributed by atoms with Crippen LogP contribution >= 0.6 is 11.6 Å². The van der Waals surface area contributed by atoms with Crippen molar-refractivity contribution in [3.8, 4) is 5.75 Å². The number of nitrogens with zero attached hydrogens (tertiary/aromatic N) is 2. The van der Waals surface area contributed by atoms with Crippen LogP contribution in [0, 0.1) is 19.8 Å². The lowest BCUT2D eigenvalue weighted by Gasteiger charge is -2.44. The van der Waals surface area contributed by atoms with Gasteiger partial charge in [-0.05, 0) is 43.7 Å². The largest absolute Gasteiger partial charge is 0.486 e. The zero-order valence-electron chi connectivity index (χ0n) is 18.9. The van der Waals surface area contributed by atoms with Gasteiger partial charge < -0.3 is 14.5 Å². The maximum absolute atomic E-state index is 13.2. The first-order valence-corrected chi connectivity index (χ1v) is 11.8. The number of fused-ring (bicyclic) bond motifs is 1. The van der Waals surface area contributed by atoms with Crippen LogP contribution in [0.5, 0.6) is 5.75 Å². The average molecular weight is 467 g/mol. The molecule has 1 atom stereocenters. The van der Waals surface area contributed by atoms with Gasteiger partial charge in [0.1, 0.15) is 11.4 Å². The molecule has 0 bridgehead atoms. The fourth-order valence-electron chi connectivity index (χ4n) is 5.13. The highest BCUT2D eigenvalue weighted by atomic mass is 35.5. The Labute approximate surface area is 198 Å². The van der Waals surface area contributed by atoms with E-state index in [0.717, 1.165) is 16.8 Å². The summed E-state index contributed by atoms with van der Waals surface area (Å²) in [5.41, 5.74) is 2.79. The third-order valence-corrected chi connectivity index (χ3v) is 7.58. The molecule has 0 saturated carbocycles. The van der Waals surface area contributed by atoms with Crippen molar-refractivity contribution >= 4 is 34.9 Å². The van der Waals surface area contributed by atoms with Crippen molar-refractivity contribution in [3.05, 3.63) is 58.1 Å². The maximum Gasteiger partial charge on any atom is 0.228 e. The first-order valence-electron chi connectivity index (χ1n) is 11.4. The molecule has 7 heteroatoms. The molecule has 6 nitrogen and oxygen atoms in total. The van der Waals surface area contributed by atoms with Crippen LogP contribution in [0.25, 0.3) is 0 Å². The Bertz CT molecular complexity index is 1140. The Hall–Kier alpha value is -2.86. The van der Waals surface area contributed by atoms with Gasteiger partial charge in [-0.2, -0.15) is 0 Å². The van der Waals surface area contributed by atoms with Crippen LogP contribution in [-0.2, 0) is 9.59 Å². The minimum Gasteiger partial charge on any atom is -0.486 e. The Kier molecular flexibility index (Phi) is 5.44. The normalized spacial score (nSPS) is 21.8. The summed E-state index contributed by atoms with van der Waals surface area (Å²) in [7, 11) is 0. The van der Waals surface area contributed by atoms with Gasteiger partial charge in [-0.25, -0.2) is 0 Å². The van der Waals surface area contributed by atoms with E-state index in [0.29, 0.717) is 55.2 Å². The Morgan fingerprint density at radius 3 is 2.48 bits per heavy atom. The second-order valence-electron chi connectivity index (χ2n) is 9.55. The molecule has 1 spiro atoms. The van der Waals surface area contributed by atoms with Crippen molar-refractivity contribution < 1.29 is 19.1 Å². The topological polar surface area (TPSA) is 66.9 Å². The van der Waals surface area contributed by atoms with E-state index in [-0.39, 0.29) is 29.9 Å². The Balaban J connectivity index is 1.24. The van der Waals surface area contributed by atoms with E-state index in [9.17, 15) is 14.4 Å². The standard InChI is InChI=1S/C26H27ClN2O4/c1-16-3-5-19(6-4-16)29-15-18(12-24(29)31)25(32)28-9-7-26(8-10-28)14-22(30)20-13-21(27)17(2)11-23(20)33-26/h3-6,11,13,18H,7-10,12,14-15H2,1-2H3. The monoisotopic (exact) mass is 466 g/mol.